The molecule has 1 aromatic carbocycles. The largest absolute Gasteiger partial charge is 0.324 e. The summed E-state index contributed by atoms with van der Waals surface area (Å²) in [7, 11) is 0. The van der Waals surface area contributed by atoms with Crippen molar-refractivity contribution in [1.82, 2.24) is 14.8 Å². The molecule has 3 aromatic rings. The number of thiophene rings is 1. The summed E-state index contributed by atoms with van der Waals surface area (Å²) >= 11 is 7.46. The number of aryl methyl sites for hydroxylation is 1. The summed E-state index contributed by atoms with van der Waals surface area (Å²) in [6.45, 7) is 1.94. The van der Waals surface area contributed by atoms with Crippen LogP contribution in [0.25, 0.3) is 5.69 Å². The lowest BCUT2D eigenvalue weighted by molar-refractivity contribution is -0.116. The van der Waals surface area contributed by atoms with E-state index in [9.17, 15) is 9.59 Å². The summed E-state index contributed by atoms with van der Waals surface area (Å²) in [6, 6.07) is 8.78. The summed E-state index contributed by atoms with van der Waals surface area (Å²) in [5.41, 5.74) is 1.16. The average molecular weight is 375 g/mol. The molecule has 2 heterocycles. The molecule has 0 atom stereocenters. The molecular weight excluding hydrogens is 360 g/mol. The van der Waals surface area contributed by atoms with E-state index in [-0.39, 0.29) is 24.5 Å². The number of carbonyl (C=O) groups is 2. The van der Waals surface area contributed by atoms with Crippen molar-refractivity contribution in [2.45, 2.75) is 19.8 Å². The van der Waals surface area contributed by atoms with E-state index < -0.39 is 0 Å². The van der Waals surface area contributed by atoms with Crippen molar-refractivity contribution in [2.75, 3.05) is 5.32 Å². The fourth-order valence-corrected chi connectivity index (χ4v) is 3.30. The van der Waals surface area contributed by atoms with E-state index in [1.165, 1.54) is 28.7 Å². The first-order chi connectivity index (χ1) is 12.0. The number of benzene rings is 1. The molecule has 0 aliphatic carbocycles. The highest BCUT2D eigenvalue weighted by Crippen LogP contribution is 2.24. The molecule has 0 saturated heterocycles. The smallest absolute Gasteiger partial charge is 0.224 e. The number of amides is 1. The minimum atomic E-state index is -0.259. The molecule has 6 nitrogen and oxygen atoms in total. The summed E-state index contributed by atoms with van der Waals surface area (Å²) in [6.07, 6.45) is 3.19. The third kappa shape index (κ3) is 4.32. The highest BCUT2D eigenvalue weighted by Gasteiger charge is 2.13. The Labute approximate surface area is 153 Å². The Kier molecular flexibility index (Phi) is 5.25. The van der Waals surface area contributed by atoms with Gasteiger partial charge in [-0.2, -0.15) is 5.10 Å². The molecule has 0 spiro atoms. The molecule has 1 amide bonds. The van der Waals surface area contributed by atoms with Crippen LogP contribution in [0.3, 0.4) is 0 Å². The minimum Gasteiger partial charge on any atom is -0.324 e. The first-order valence-corrected chi connectivity index (χ1v) is 8.76. The molecule has 1 N–H and O–H groups in total. The van der Waals surface area contributed by atoms with Crippen molar-refractivity contribution in [3.63, 3.8) is 0 Å². The van der Waals surface area contributed by atoms with Crippen molar-refractivity contribution in [1.29, 1.82) is 0 Å². The third-order valence-corrected chi connectivity index (χ3v) is 4.77. The van der Waals surface area contributed by atoms with Gasteiger partial charge in [-0.1, -0.05) is 11.6 Å². The van der Waals surface area contributed by atoms with Gasteiger partial charge in [-0.15, -0.1) is 11.3 Å². The van der Waals surface area contributed by atoms with Crippen molar-refractivity contribution in [2.24, 2.45) is 0 Å². The number of hydrogen-bond donors (Lipinski definition) is 1. The van der Waals surface area contributed by atoms with Gasteiger partial charge in [0, 0.05) is 22.7 Å². The maximum atomic E-state index is 12.2. The number of halogens is 1. The standard InChI is InChI=1S/C17H15ClN4O2S/c1-11-2-6-16(25-11)15(23)5-7-17(24)21-13-8-12(18)3-4-14(13)22-10-19-9-20-22/h2-4,6,8-10H,5,7H2,1H3,(H,21,24). The quantitative estimate of drug-likeness (QED) is 0.664. The van der Waals surface area contributed by atoms with Crippen molar-refractivity contribution >= 4 is 40.3 Å². The SMILES string of the molecule is Cc1ccc(C(=O)CCC(=O)Nc2cc(Cl)ccc2-n2cncn2)s1. The highest BCUT2D eigenvalue weighted by atomic mass is 35.5. The number of Topliss-reactive ketones (excluding diaryl/α,β-unsaturated/α-hetero) is 1. The van der Waals surface area contributed by atoms with Crippen molar-refractivity contribution in [3.05, 3.63) is 57.8 Å². The number of aromatic nitrogens is 3. The highest BCUT2D eigenvalue weighted by molar-refractivity contribution is 7.14. The lowest BCUT2D eigenvalue weighted by Crippen LogP contribution is -2.15. The van der Waals surface area contributed by atoms with Crippen LogP contribution in [-0.4, -0.2) is 26.5 Å². The van der Waals surface area contributed by atoms with Gasteiger partial charge in [0.2, 0.25) is 5.91 Å². The number of hydrogen-bond acceptors (Lipinski definition) is 5. The van der Waals surface area contributed by atoms with Gasteiger partial charge in [0.25, 0.3) is 0 Å². The van der Waals surface area contributed by atoms with E-state index in [1.807, 2.05) is 13.0 Å². The van der Waals surface area contributed by atoms with Gasteiger partial charge < -0.3 is 5.32 Å². The molecule has 0 unspecified atom stereocenters. The average Bonchev–Trinajstić information content (AvgIpc) is 3.24. The van der Waals surface area contributed by atoms with E-state index in [0.717, 1.165) is 4.88 Å². The molecule has 0 aliphatic heterocycles. The molecule has 0 saturated carbocycles. The summed E-state index contributed by atoms with van der Waals surface area (Å²) in [5.74, 6) is -0.291. The number of carbonyl (C=O) groups excluding carboxylic acids is 2. The molecular formula is C17H15ClN4O2S. The van der Waals surface area contributed by atoms with Crippen LogP contribution in [0.1, 0.15) is 27.4 Å². The van der Waals surface area contributed by atoms with E-state index in [1.54, 1.807) is 24.3 Å². The molecule has 0 fully saturated rings. The predicted molar refractivity (Wildman–Crippen MR) is 97.6 cm³/mol. The minimum absolute atomic E-state index is 0.0316. The van der Waals surface area contributed by atoms with Gasteiger partial charge in [0.1, 0.15) is 12.7 Å². The van der Waals surface area contributed by atoms with Gasteiger partial charge in [0.05, 0.1) is 16.3 Å². The second-order valence-corrected chi connectivity index (χ2v) is 7.11. The Morgan fingerprint density at radius 2 is 2.08 bits per heavy atom. The van der Waals surface area contributed by atoms with Crippen LogP contribution in [0.4, 0.5) is 5.69 Å². The molecule has 8 heteroatoms. The van der Waals surface area contributed by atoms with E-state index in [0.29, 0.717) is 21.3 Å². The number of rotatable bonds is 6. The number of anilines is 1. The third-order valence-electron chi connectivity index (χ3n) is 3.49. The second-order valence-electron chi connectivity index (χ2n) is 5.38. The normalized spacial score (nSPS) is 10.6. The molecule has 3 rings (SSSR count). The zero-order valence-corrected chi connectivity index (χ0v) is 15.0. The molecule has 128 valence electrons. The predicted octanol–water partition coefficient (Wildman–Crippen LogP) is 3.89. The number of nitrogens with one attached hydrogen (secondary N) is 1. The monoisotopic (exact) mass is 374 g/mol. The van der Waals surface area contributed by atoms with Crippen molar-refractivity contribution < 1.29 is 9.59 Å². The Hall–Kier alpha value is -2.51. The maximum absolute atomic E-state index is 12.2. The zero-order chi connectivity index (χ0) is 17.8. The Balaban J connectivity index is 1.67. The molecule has 2 aromatic heterocycles. The number of nitrogens with zero attached hydrogens (tertiary/aromatic N) is 3. The topological polar surface area (TPSA) is 76.9 Å². The zero-order valence-electron chi connectivity index (χ0n) is 13.4. The Morgan fingerprint density at radius 1 is 1.24 bits per heavy atom. The lowest BCUT2D eigenvalue weighted by atomic mass is 10.2. The van der Waals surface area contributed by atoms with Gasteiger partial charge in [-0.05, 0) is 37.3 Å². The molecule has 0 aliphatic rings. The van der Waals surface area contributed by atoms with Crippen LogP contribution < -0.4 is 5.32 Å². The Bertz CT molecular complexity index is 905. The van der Waals surface area contributed by atoms with Gasteiger partial charge in [-0.3, -0.25) is 9.59 Å². The van der Waals surface area contributed by atoms with E-state index >= 15 is 0 Å². The maximum Gasteiger partial charge on any atom is 0.224 e. The number of ketones is 1. The summed E-state index contributed by atoms with van der Waals surface area (Å²) < 4.78 is 1.53. The summed E-state index contributed by atoms with van der Waals surface area (Å²) in [4.78, 5) is 30.0. The van der Waals surface area contributed by atoms with Gasteiger partial charge in [-0.25, -0.2) is 9.67 Å². The second kappa shape index (κ2) is 7.58. The molecule has 0 radical (unpaired) electrons. The van der Waals surface area contributed by atoms with Crippen LogP contribution in [0.5, 0.6) is 0 Å². The van der Waals surface area contributed by atoms with E-state index in [2.05, 4.69) is 15.4 Å². The van der Waals surface area contributed by atoms with Gasteiger partial charge >= 0.3 is 0 Å². The van der Waals surface area contributed by atoms with Crippen LogP contribution in [0.15, 0.2) is 43.0 Å². The van der Waals surface area contributed by atoms with Crippen LogP contribution in [0, 0.1) is 6.92 Å². The fourth-order valence-electron chi connectivity index (χ4n) is 2.29. The van der Waals surface area contributed by atoms with Crippen molar-refractivity contribution in [3.8, 4) is 5.69 Å². The Morgan fingerprint density at radius 3 is 2.76 bits per heavy atom. The van der Waals surface area contributed by atoms with Crippen LogP contribution in [0.2, 0.25) is 5.02 Å². The van der Waals surface area contributed by atoms with Crippen LogP contribution >= 0.6 is 22.9 Å². The molecule has 25 heavy (non-hydrogen) atoms. The molecule has 0 bridgehead atoms. The summed E-state index contributed by atoms with van der Waals surface area (Å²) in [5, 5.41) is 7.34. The first kappa shape index (κ1) is 17.3. The van der Waals surface area contributed by atoms with Gasteiger partial charge in [0.15, 0.2) is 5.78 Å². The van der Waals surface area contributed by atoms with Crippen LogP contribution in [-0.2, 0) is 4.79 Å². The van der Waals surface area contributed by atoms with E-state index in [4.69, 9.17) is 11.6 Å². The first-order valence-electron chi connectivity index (χ1n) is 7.57. The fraction of sp³-hybridized carbons (Fsp3) is 0.176. The lowest BCUT2D eigenvalue weighted by Gasteiger charge is -2.11.